The SMILES string of the molecule is NCCN.NCCNN. The Balaban J connectivity index is 0. The summed E-state index contributed by atoms with van der Waals surface area (Å²) in [5.74, 6) is 4.81. The van der Waals surface area contributed by atoms with E-state index < -0.39 is 0 Å². The Labute approximate surface area is 55.7 Å². The van der Waals surface area contributed by atoms with Gasteiger partial charge in [-0.3, -0.25) is 11.3 Å². The van der Waals surface area contributed by atoms with Crippen molar-refractivity contribution in [2.45, 2.75) is 0 Å². The molecule has 0 aromatic rings. The molecule has 0 aliphatic rings. The Morgan fingerprint density at radius 2 is 1.33 bits per heavy atom. The number of nitrogens with two attached hydrogens (primary N) is 4. The summed E-state index contributed by atoms with van der Waals surface area (Å²) in [6, 6.07) is 0. The van der Waals surface area contributed by atoms with Crippen molar-refractivity contribution >= 4 is 0 Å². The van der Waals surface area contributed by atoms with Gasteiger partial charge in [0.15, 0.2) is 0 Å². The zero-order valence-corrected chi connectivity index (χ0v) is 5.64. The van der Waals surface area contributed by atoms with Gasteiger partial charge in [0.2, 0.25) is 0 Å². The highest BCUT2D eigenvalue weighted by Crippen LogP contribution is 1.33. The monoisotopic (exact) mass is 135 g/mol. The van der Waals surface area contributed by atoms with Crippen LogP contribution in [-0.4, -0.2) is 26.2 Å². The first kappa shape index (κ1) is 11.6. The largest absolute Gasteiger partial charge is 0.329 e. The quantitative estimate of drug-likeness (QED) is 0.213. The standard InChI is InChI=1S/C2H9N3.C2H8N2/c3-1-2-5-4;3-1-2-4/h5H,1-4H2;1-4H2. The molecule has 0 aromatic carbocycles. The van der Waals surface area contributed by atoms with E-state index in [0.29, 0.717) is 26.2 Å². The molecule has 0 saturated carbocycles. The lowest BCUT2D eigenvalue weighted by Gasteiger charge is -1.85. The predicted molar refractivity (Wildman–Crippen MR) is 39.4 cm³/mol. The minimum Gasteiger partial charge on any atom is -0.329 e. The maximum Gasteiger partial charge on any atom is 0.0220 e. The van der Waals surface area contributed by atoms with Gasteiger partial charge in [0, 0.05) is 26.2 Å². The van der Waals surface area contributed by atoms with Crippen molar-refractivity contribution in [3.05, 3.63) is 0 Å². The van der Waals surface area contributed by atoms with Gasteiger partial charge in [0.25, 0.3) is 0 Å². The fourth-order valence-electron chi connectivity index (χ4n) is 0.0833. The topological polar surface area (TPSA) is 116 Å². The van der Waals surface area contributed by atoms with Gasteiger partial charge in [-0.1, -0.05) is 0 Å². The van der Waals surface area contributed by atoms with Gasteiger partial charge in [-0.2, -0.15) is 0 Å². The van der Waals surface area contributed by atoms with E-state index in [0.717, 1.165) is 0 Å². The molecule has 0 radical (unpaired) electrons. The maximum atomic E-state index is 5.00. The second-order valence-corrected chi connectivity index (χ2v) is 1.32. The van der Waals surface area contributed by atoms with Crippen LogP contribution in [0.25, 0.3) is 0 Å². The van der Waals surface area contributed by atoms with Crippen LogP contribution in [0.15, 0.2) is 0 Å². The molecule has 5 nitrogen and oxygen atoms in total. The van der Waals surface area contributed by atoms with Crippen LogP contribution in [0.1, 0.15) is 0 Å². The van der Waals surface area contributed by atoms with Crippen LogP contribution >= 0.6 is 0 Å². The summed E-state index contributed by atoms with van der Waals surface area (Å²) in [6.07, 6.45) is 0. The Morgan fingerprint density at radius 3 is 1.33 bits per heavy atom. The van der Waals surface area contributed by atoms with Gasteiger partial charge in [0.1, 0.15) is 0 Å². The molecule has 0 aliphatic heterocycles. The fourth-order valence-corrected chi connectivity index (χ4v) is 0.0833. The minimum atomic E-state index is 0.597. The van der Waals surface area contributed by atoms with Crippen LogP contribution in [0.3, 0.4) is 0 Å². The summed E-state index contributed by atoms with van der Waals surface area (Å²) in [5, 5.41) is 0. The van der Waals surface area contributed by atoms with Gasteiger partial charge < -0.3 is 17.2 Å². The van der Waals surface area contributed by atoms with Crippen LogP contribution in [-0.2, 0) is 0 Å². The van der Waals surface area contributed by atoms with Crippen molar-refractivity contribution in [2.75, 3.05) is 26.2 Å². The summed E-state index contributed by atoms with van der Waals surface area (Å²) in [5.41, 5.74) is 17.2. The first-order chi connectivity index (χ1) is 4.33. The third-order valence-corrected chi connectivity index (χ3v) is 0.455. The third kappa shape index (κ3) is 33.5. The lowest BCUT2D eigenvalue weighted by molar-refractivity contribution is 0.738. The first-order valence-corrected chi connectivity index (χ1v) is 2.87. The Bertz CT molecular complexity index is 28.1. The molecule has 0 bridgehead atoms. The average molecular weight is 135 g/mol. The lowest BCUT2D eigenvalue weighted by Crippen LogP contribution is -2.28. The first-order valence-electron chi connectivity index (χ1n) is 2.87. The van der Waals surface area contributed by atoms with E-state index >= 15 is 0 Å². The second kappa shape index (κ2) is 15.7. The van der Waals surface area contributed by atoms with Crippen molar-refractivity contribution < 1.29 is 0 Å². The number of hydrazine groups is 1. The molecule has 5 heteroatoms. The molecule has 58 valence electrons. The van der Waals surface area contributed by atoms with Crippen molar-refractivity contribution in [3.8, 4) is 0 Å². The average Bonchev–Trinajstić information content (AvgIpc) is 1.91. The van der Waals surface area contributed by atoms with E-state index in [4.69, 9.17) is 23.0 Å². The predicted octanol–water partition coefficient (Wildman–Crippen LogP) is -2.69. The van der Waals surface area contributed by atoms with Crippen LogP contribution in [0.5, 0.6) is 0 Å². The van der Waals surface area contributed by atoms with E-state index in [2.05, 4.69) is 5.43 Å². The summed E-state index contributed by atoms with van der Waals surface area (Å²) in [6.45, 7) is 2.50. The molecule has 0 fully saturated rings. The summed E-state index contributed by atoms with van der Waals surface area (Å²) in [4.78, 5) is 0. The molecule has 0 spiro atoms. The molecule has 0 heterocycles. The van der Waals surface area contributed by atoms with Crippen molar-refractivity contribution in [3.63, 3.8) is 0 Å². The van der Waals surface area contributed by atoms with Gasteiger partial charge >= 0.3 is 0 Å². The Hall–Kier alpha value is -0.200. The number of nitrogens with one attached hydrogen (secondary N) is 1. The highest BCUT2D eigenvalue weighted by molar-refractivity contribution is 4.31. The molecule has 0 amide bonds. The van der Waals surface area contributed by atoms with E-state index in [-0.39, 0.29) is 0 Å². The van der Waals surface area contributed by atoms with E-state index in [9.17, 15) is 0 Å². The van der Waals surface area contributed by atoms with E-state index in [1.54, 1.807) is 0 Å². The molecule has 0 unspecified atom stereocenters. The molecule has 0 atom stereocenters. The van der Waals surface area contributed by atoms with E-state index in [1.165, 1.54) is 0 Å². The lowest BCUT2D eigenvalue weighted by atomic mass is 10.7. The number of rotatable bonds is 3. The fraction of sp³-hybridized carbons (Fsp3) is 1.00. The number of hydrogen-bond donors (Lipinski definition) is 5. The van der Waals surface area contributed by atoms with Crippen molar-refractivity contribution in [1.29, 1.82) is 0 Å². The molecular weight excluding hydrogens is 118 g/mol. The Morgan fingerprint density at radius 1 is 0.889 bits per heavy atom. The molecule has 9 N–H and O–H groups in total. The summed E-state index contributed by atoms with van der Waals surface area (Å²) >= 11 is 0. The molecule has 0 rings (SSSR count). The maximum absolute atomic E-state index is 5.00. The van der Waals surface area contributed by atoms with E-state index in [1.807, 2.05) is 0 Å². The van der Waals surface area contributed by atoms with Crippen LogP contribution in [0, 0.1) is 0 Å². The molecule has 0 aromatic heterocycles. The van der Waals surface area contributed by atoms with Crippen LogP contribution in [0.4, 0.5) is 0 Å². The minimum absolute atomic E-state index is 0.597. The van der Waals surface area contributed by atoms with Crippen molar-refractivity contribution in [2.24, 2.45) is 23.0 Å². The summed E-state index contributed by atoms with van der Waals surface area (Å²) in [7, 11) is 0. The molecule has 0 aliphatic carbocycles. The van der Waals surface area contributed by atoms with Gasteiger partial charge in [-0.25, -0.2) is 0 Å². The van der Waals surface area contributed by atoms with Gasteiger partial charge in [-0.15, -0.1) is 0 Å². The third-order valence-electron chi connectivity index (χ3n) is 0.455. The highest BCUT2D eigenvalue weighted by atomic mass is 15.2. The van der Waals surface area contributed by atoms with Crippen LogP contribution in [0.2, 0.25) is 0 Å². The molecular formula is C4H17N5. The second-order valence-electron chi connectivity index (χ2n) is 1.32. The number of hydrogen-bond acceptors (Lipinski definition) is 5. The van der Waals surface area contributed by atoms with Crippen molar-refractivity contribution in [1.82, 2.24) is 5.43 Å². The highest BCUT2D eigenvalue weighted by Gasteiger charge is 1.64. The van der Waals surface area contributed by atoms with Gasteiger partial charge in [0.05, 0.1) is 0 Å². The summed E-state index contributed by atoms with van der Waals surface area (Å²) < 4.78 is 0. The normalized spacial score (nSPS) is 8.00. The zero-order chi connectivity index (χ0) is 7.54. The Kier molecular flexibility index (Phi) is 20.1. The molecule has 9 heavy (non-hydrogen) atoms. The van der Waals surface area contributed by atoms with Crippen LogP contribution < -0.4 is 28.5 Å². The van der Waals surface area contributed by atoms with Gasteiger partial charge in [-0.05, 0) is 0 Å². The molecule has 0 saturated heterocycles. The zero-order valence-electron chi connectivity index (χ0n) is 5.64. The smallest absolute Gasteiger partial charge is 0.0220 e.